The lowest BCUT2D eigenvalue weighted by Gasteiger charge is -2.05. The van der Waals surface area contributed by atoms with Crippen LogP contribution in [0.3, 0.4) is 0 Å². The molecule has 1 N–H and O–H groups in total. The van der Waals surface area contributed by atoms with E-state index in [0.29, 0.717) is 6.54 Å². The summed E-state index contributed by atoms with van der Waals surface area (Å²) < 4.78 is 6.18. The first-order valence-electron chi connectivity index (χ1n) is 4.55. The Labute approximate surface area is 86.1 Å². The van der Waals surface area contributed by atoms with Crippen LogP contribution in [0.15, 0.2) is 17.2 Å². The van der Waals surface area contributed by atoms with Gasteiger partial charge in [0, 0.05) is 18.9 Å². The van der Waals surface area contributed by atoms with E-state index in [2.05, 4.69) is 4.98 Å². The number of ether oxygens (including phenoxy) is 1. The molecule has 0 unspecified atom stereocenters. The first kappa shape index (κ1) is 11.2. The lowest BCUT2D eigenvalue weighted by Crippen LogP contribution is -2.24. The molecule has 1 heterocycles. The van der Waals surface area contributed by atoms with E-state index in [-0.39, 0.29) is 5.88 Å². The van der Waals surface area contributed by atoms with Gasteiger partial charge in [0.2, 0.25) is 0 Å². The largest absolute Gasteiger partial charge is 0.479 e. The third-order valence-electron chi connectivity index (χ3n) is 1.68. The number of aromatic nitrogens is 2. The fraction of sp³-hybridized carbons (Fsp3) is 0.444. The lowest BCUT2D eigenvalue weighted by atomic mass is 10.4. The number of rotatable bonds is 5. The number of aliphatic carboxylic acids is 1. The van der Waals surface area contributed by atoms with E-state index in [1.54, 1.807) is 6.20 Å². The number of carboxylic acids is 1. The molecule has 0 spiro atoms. The molecule has 82 valence electrons. The van der Waals surface area contributed by atoms with Gasteiger partial charge in [0.1, 0.15) is 0 Å². The molecule has 0 saturated heterocycles. The zero-order valence-electron chi connectivity index (χ0n) is 8.34. The van der Waals surface area contributed by atoms with Crippen LogP contribution >= 0.6 is 0 Å². The van der Waals surface area contributed by atoms with E-state index in [1.807, 2.05) is 6.92 Å². The lowest BCUT2D eigenvalue weighted by molar-refractivity contribution is -0.139. The molecular formula is C9H12N2O4. The second-order valence-corrected chi connectivity index (χ2v) is 2.91. The molecule has 0 radical (unpaired) electrons. The number of hydrogen-bond donors (Lipinski definition) is 1. The van der Waals surface area contributed by atoms with Crippen LogP contribution in [0.4, 0.5) is 0 Å². The predicted octanol–water partition coefficient (Wildman–Crippen LogP) is 0.117. The minimum Gasteiger partial charge on any atom is -0.479 e. The topological polar surface area (TPSA) is 81.4 Å². The molecule has 0 aromatic carbocycles. The van der Waals surface area contributed by atoms with Crippen LogP contribution in [-0.2, 0) is 11.3 Å². The minimum atomic E-state index is -1.14. The van der Waals surface area contributed by atoms with Gasteiger partial charge in [-0.25, -0.2) is 9.78 Å². The Kier molecular flexibility index (Phi) is 3.84. The average Bonchev–Trinajstić information content (AvgIpc) is 2.19. The van der Waals surface area contributed by atoms with Gasteiger partial charge in [-0.1, -0.05) is 6.92 Å². The van der Waals surface area contributed by atoms with E-state index >= 15 is 0 Å². The van der Waals surface area contributed by atoms with Crippen LogP contribution in [0.5, 0.6) is 5.88 Å². The normalized spacial score (nSPS) is 9.93. The highest BCUT2D eigenvalue weighted by atomic mass is 16.5. The Morgan fingerprint density at radius 3 is 3.00 bits per heavy atom. The van der Waals surface area contributed by atoms with Gasteiger partial charge in [-0.15, -0.1) is 0 Å². The maximum Gasteiger partial charge on any atom is 0.341 e. The van der Waals surface area contributed by atoms with Crippen LogP contribution in [0.2, 0.25) is 0 Å². The summed E-state index contributed by atoms with van der Waals surface area (Å²) in [4.78, 5) is 25.5. The van der Waals surface area contributed by atoms with E-state index in [1.165, 1.54) is 10.8 Å². The Morgan fingerprint density at radius 2 is 2.40 bits per heavy atom. The maximum absolute atomic E-state index is 11.6. The average molecular weight is 212 g/mol. The van der Waals surface area contributed by atoms with Crippen LogP contribution in [0.25, 0.3) is 0 Å². The van der Waals surface area contributed by atoms with Gasteiger partial charge in [0.05, 0.1) is 0 Å². The first-order chi connectivity index (χ1) is 7.15. The van der Waals surface area contributed by atoms with Crippen molar-refractivity contribution >= 4 is 5.97 Å². The summed E-state index contributed by atoms with van der Waals surface area (Å²) in [6.45, 7) is 1.94. The van der Waals surface area contributed by atoms with Gasteiger partial charge in [0.25, 0.3) is 5.88 Å². The molecular weight excluding hydrogens is 200 g/mol. The van der Waals surface area contributed by atoms with Crippen LogP contribution in [-0.4, -0.2) is 27.2 Å². The fourth-order valence-electron chi connectivity index (χ4n) is 1.07. The van der Waals surface area contributed by atoms with Crippen molar-refractivity contribution in [2.24, 2.45) is 0 Å². The van der Waals surface area contributed by atoms with Gasteiger partial charge in [0.15, 0.2) is 6.61 Å². The second kappa shape index (κ2) is 5.14. The van der Waals surface area contributed by atoms with Crippen LogP contribution < -0.4 is 10.3 Å². The van der Waals surface area contributed by atoms with Crippen molar-refractivity contribution in [3.63, 3.8) is 0 Å². The molecule has 0 atom stereocenters. The first-order valence-corrected chi connectivity index (χ1v) is 4.55. The van der Waals surface area contributed by atoms with Crippen molar-refractivity contribution in [1.82, 2.24) is 9.55 Å². The quantitative estimate of drug-likeness (QED) is 0.749. The molecule has 6 nitrogen and oxygen atoms in total. The highest BCUT2D eigenvalue weighted by molar-refractivity contribution is 5.68. The van der Waals surface area contributed by atoms with E-state index in [9.17, 15) is 9.59 Å². The van der Waals surface area contributed by atoms with Crippen LogP contribution in [0.1, 0.15) is 13.3 Å². The van der Waals surface area contributed by atoms with E-state index < -0.39 is 18.1 Å². The summed E-state index contributed by atoms with van der Waals surface area (Å²) in [6, 6.07) is 0. The van der Waals surface area contributed by atoms with Crippen molar-refractivity contribution in [2.45, 2.75) is 19.9 Å². The highest BCUT2D eigenvalue weighted by Gasteiger charge is 2.07. The molecule has 0 bridgehead atoms. The van der Waals surface area contributed by atoms with Crippen molar-refractivity contribution in [2.75, 3.05) is 6.61 Å². The Balaban J connectivity index is 2.84. The molecule has 15 heavy (non-hydrogen) atoms. The summed E-state index contributed by atoms with van der Waals surface area (Å²) in [7, 11) is 0. The molecule has 1 aromatic rings. The predicted molar refractivity (Wildman–Crippen MR) is 51.9 cm³/mol. The SMILES string of the molecule is CCCn1ccnc(OCC(=O)O)c1=O. The molecule has 1 aromatic heterocycles. The zero-order chi connectivity index (χ0) is 11.3. The van der Waals surface area contributed by atoms with Crippen molar-refractivity contribution in [1.29, 1.82) is 0 Å². The molecule has 0 fully saturated rings. The van der Waals surface area contributed by atoms with E-state index in [0.717, 1.165) is 6.42 Å². The Bertz CT molecular complexity index is 399. The number of hydrogen-bond acceptors (Lipinski definition) is 4. The summed E-state index contributed by atoms with van der Waals surface area (Å²) in [5.41, 5.74) is -0.402. The summed E-state index contributed by atoms with van der Waals surface area (Å²) in [6.07, 6.45) is 3.76. The summed E-state index contributed by atoms with van der Waals surface area (Å²) >= 11 is 0. The Hall–Kier alpha value is -1.85. The van der Waals surface area contributed by atoms with Gasteiger partial charge in [-0.05, 0) is 6.42 Å². The molecule has 0 saturated carbocycles. The molecule has 0 aliphatic rings. The Morgan fingerprint density at radius 1 is 1.67 bits per heavy atom. The van der Waals surface area contributed by atoms with Crippen molar-refractivity contribution in [3.8, 4) is 5.88 Å². The molecule has 0 aliphatic carbocycles. The minimum absolute atomic E-state index is 0.173. The third-order valence-corrected chi connectivity index (χ3v) is 1.68. The maximum atomic E-state index is 11.6. The van der Waals surface area contributed by atoms with Crippen molar-refractivity contribution < 1.29 is 14.6 Å². The molecule has 1 rings (SSSR count). The summed E-state index contributed by atoms with van der Waals surface area (Å²) in [5, 5.41) is 8.38. The number of carbonyl (C=O) groups is 1. The van der Waals surface area contributed by atoms with Gasteiger partial charge < -0.3 is 14.4 Å². The highest BCUT2D eigenvalue weighted by Crippen LogP contribution is 1.96. The van der Waals surface area contributed by atoms with Crippen LogP contribution in [0, 0.1) is 0 Å². The standard InChI is InChI=1S/C9H12N2O4/c1-2-4-11-5-3-10-8(9(11)14)15-6-7(12)13/h3,5H,2,4,6H2,1H3,(H,12,13). The van der Waals surface area contributed by atoms with Gasteiger partial charge >= 0.3 is 11.5 Å². The fourth-order valence-corrected chi connectivity index (χ4v) is 1.07. The zero-order valence-corrected chi connectivity index (χ0v) is 8.34. The second-order valence-electron chi connectivity index (χ2n) is 2.91. The molecule has 6 heteroatoms. The number of aryl methyl sites for hydroxylation is 1. The monoisotopic (exact) mass is 212 g/mol. The molecule has 0 aliphatic heterocycles. The van der Waals surface area contributed by atoms with Crippen molar-refractivity contribution in [3.05, 3.63) is 22.7 Å². The summed E-state index contributed by atoms with van der Waals surface area (Å²) in [5.74, 6) is -1.31. The molecule has 0 amide bonds. The van der Waals surface area contributed by atoms with Gasteiger partial charge in [-0.2, -0.15) is 0 Å². The van der Waals surface area contributed by atoms with Gasteiger partial charge in [-0.3, -0.25) is 4.79 Å². The number of carboxylic acid groups (broad SMARTS) is 1. The van der Waals surface area contributed by atoms with E-state index in [4.69, 9.17) is 9.84 Å². The third kappa shape index (κ3) is 3.08. The smallest absolute Gasteiger partial charge is 0.341 e. The number of nitrogens with zero attached hydrogens (tertiary/aromatic N) is 2.